The Morgan fingerprint density at radius 1 is 1.09 bits per heavy atom. The van der Waals surface area contributed by atoms with Crippen LogP contribution in [0, 0.1) is 5.82 Å². The summed E-state index contributed by atoms with van der Waals surface area (Å²) in [6.07, 6.45) is 0. The number of hydrogen-bond donors (Lipinski definition) is 2. The van der Waals surface area contributed by atoms with Crippen LogP contribution in [0.5, 0.6) is 0 Å². The molecule has 0 aliphatic carbocycles. The van der Waals surface area contributed by atoms with Gasteiger partial charge in [0, 0.05) is 4.90 Å². The first-order valence-corrected chi connectivity index (χ1v) is 7.65. The highest BCUT2D eigenvalue weighted by molar-refractivity contribution is 8.00. The van der Waals surface area contributed by atoms with Crippen molar-refractivity contribution in [3.8, 4) is 0 Å². The van der Waals surface area contributed by atoms with Crippen LogP contribution in [0.2, 0.25) is 5.02 Å². The molecule has 2 rings (SSSR count). The molecule has 3 amide bonds. The first-order chi connectivity index (χ1) is 10.6. The Hall–Kier alpha value is -2.05. The van der Waals surface area contributed by atoms with Gasteiger partial charge in [-0.15, -0.1) is 11.8 Å². The lowest BCUT2D eigenvalue weighted by atomic mass is 10.3. The van der Waals surface area contributed by atoms with Crippen molar-refractivity contribution < 1.29 is 14.0 Å². The summed E-state index contributed by atoms with van der Waals surface area (Å²) >= 11 is 7.17. The topological polar surface area (TPSA) is 58.2 Å². The number of amides is 3. The van der Waals surface area contributed by atoms with Crippen molar-refractivity contribution in [2.75, 3.05) is 11.1 Å². The lowest BCUT2D eigenvalue weighted by Gasteiger charge is -2.07. The SMILES string of the molecule is O=C(CSc1ccccc1Cl)NC(=O)Nc1ccccc1F. The van der Waals surface area contributed by atoms with Gasteiger partial charge >= 0.3 is 6.03 Å². The molecule has 0 aliphatic rings. The molecular formula is C15H12ClFN2O2S. The fourth-order valence-electron chi connectivity index (χ4n) is 1.58. The van der Waals surface area contributed by atoms with Crippen molar-refractivity contribution in [2.45, 2.75) is 4.90 Å². The summed E-state index contributed by atoms with van der Waals surface area (Å²) in [5.74, 6) is -1.05. The van der Waals surface area contributed by atoms with Crippen LogP contribution < -0.4 is 10.6 Å². The molecule has 4 nitrogen and oxygen atoms in total. The zero-order chi connectivity index (χ0) is 15.9. The number of benzene rings is 2. The van der Waals surface area contributed by atoms with Gasteiger partial charge in [0.25, 0.3) is 0 Å². The molecule has 2 N–H and O–H groups in total. The number of imide groups is 1. The number of rotatable bonds is 4. The minimum Gasteiger partial charge on any atom is -0.305 e. The maximum absolute atomic E-state index is 13.4. The maximum atomic E-state index is 13.4. The fourth-order valence-corrected chi connectivity index (χ4v) is 2.62. The number of nitrogens with one attached hydrogen (secondary N) is 2. The van der Waals surface area contributed by atoms with Crippen LogP contribution in [-0.4, -0.2) is 17.7 Å². The largest absolute Gasteiger partial charge is 0.325 e. The number of halogens is 2. The van der Waals surface area contributed by atoms with Crippen LogP contribution in [-0.2, 0) is 4.79 Å². The second-order valence-electron chi connectivity index (χ2n) is 4.20. The van der Waals surface area contributed by atoms with Gasteiger partial charge in [-0.2, -0.15) is 0 Å². The number of para-hydroxylation sites is 1. The molecule has 0 spiro atoms. The normalized spacial score (nSPS) is 10.1. The van der Waals surface area contributed by atoms with Gasteiger partial charge < -0.3 is 5.32 Å². The molecule has 0 unspecified atom stereocenters. The van der Waals surface area contributed by atoms with Crippen molar-refractivity contribution in [3.05, 3.63) is 59.4 Å². The van der Waals surface area contributed by atoms with Gasteiger partial charge in [0.15, 0.2) is 0 Å². The number of carbonyl (C=O) groups is 2. The van der Waals surface area contributed by atoms with Gasteiger partial charge in [-0.05, 0) is 24.3 Å². The Kier molecular flexibility index (Phi) is 5.80. The Morgan fingerprint density at radius 3 is 2.50 bits per heavy atom. The van der Waals surface area contributed by atoms with Crippen LogP contribution in [0.15, 0.2) is 53.4 Å². The smallest absolute Gasteiger partial charge is 0.305 e. The zero-order valence-corrected chi connectivity index (χ0v) is 12.9. The number of thioether (sulfide) groups is 1. The average molecular weight is 339 g/mol. The lowest BCUT2D eigenvalue weighted by Crippen LogP contribution is -2.35. The Morgan fingerprint density at radius 2 is 1.77 bits per heavy atom. The third-order valence-electron chi connectivity index (χ3n) is 2.57. The molecule has 0 aliphatic heterocycles. The minimum absolute atomic E-state index is 0.00607. The monoisotopic (exact) mass is 338 g/mol. The Labute approximate surface area is 136 Å². The average Bonchev–Trinajstić information content (AvgIpc) is 2.49. The molecule has 2 aromatic carbocycles. The van der Waals surface area contributed by atoms with E-state index in [2.05, 4.69) is 10.6 Å². The molecule has 0 heterocycles. The van der Waals surface area contributed by atoms with Crippen LogP contribution in [0.4, 0.5) is 14.9 Å². The lowest BCUT2D eigenvalue weighted by molar-refractivity contribution is -0.117. The van der Waals surface area contributed by atoms with E-state index in [0.717, 1.165) is 4.90 Å². The number of carbonyl (C=O) groups excluding carboxylic acids is 2. The summed E-state index contributed by atoms with van der Waals surface area (Å²) in [6, 6.07) is 12.0. The van der Waals surface area contributed by atoms with E-state index >= 15 is 0 Å². The Bertz CT molecular complexity index is 697. The quantitative estimate of drug-likeness (QED) is 0.831. The van der Waals surface area contributed by atoms with Gasteiger partial charge in [0.05, 0.1) is 16.5 Å². The molecule has 7 heteroatoms. The van der Waals surface area contributed by atoms with Crippen LogP contribution in [0.1, 0.15) is 0 Å². The van der Waals surface area contributed by atoms with Crippen molar-refractivity contribution in [1.29, 1.82) is 0 Å². The standard InChI is InChI=1S/C15H12ClFN2O2S/c16-10-5-1-4-8-13(10)22-9-14(20)19-15(21)18-12-7-3-2-6-11(12)17/h1-8H,9H2,(H2,18,19,20,21). The third kappa shape index (κ3) is 4.75. The van der Waals surface area contributed by atoms with E-state index < -0.39 is 17.8 Å². The Balaban J connectivity index is 1.83. The fraction of sp³-hybridized carbons (Fsp3) is 0.0667. The van der Waals surface area contributed by atoms with Gasteiger partial charge in [0.1, 0.15) is 5.82 Å². The molecule has 0 saturated carbocycles. The van der Waals surface area contributed by atoms with Gasteiger partial charge in [-0.1, -0.05) is 35.9 Å². The summed E-state index contributed by atoms with van der Waals surface area (Å²) < 4.78 is 13.4. The number of anilines is 1. The van der Waals surface area contributed by atoms with Crippen LogP contribution in [0.3, 0.4) is 0 Å². The van der Waals surface area contributed by atoms with E-state index in [1.54, 1.807) is 30.3 Å². The predicted octanol–water partition coefficient (Wildman–Crippen LogP) is 3.92. The van der Waals surface area contributed by atoms with E-state index in [1.165, 1.54) is 30.0 Å². The first-order valence-electron chi connectivity index (χ1n) is 6.29. The molecule has 0 fully saturated rings. The molecule has 2 aromatic rings. The second-order valence-corrected chi connectivity index (χ2v) is 5.63. The highest BCUT2D eigenvalue weighted by Gasteiger charge is 2.11. The molecule has 0 bridgehead atoms. The molecule has 22 heavy (non-hydrogen) atoms. The summed E-state index contributed by atoms with van der Waals surface area (Å²) in [5, 5.41) is 4.93. The molecule has 0 radical (unpaired) electrons. The maximum Gasteiger partial charge on any atom is 0.325 e. The van der Waals surface area contributed by atoms with E-state index in [1.807, 2.05) is 0 Å². The van der Waals surface area contributed by atoms with Gasteiger partial charge in [-0.25, -0.2) is 9.18 Å². The van der Waals surface area contributed by atoms with Crippen molar-refractivity contribution in [1.82, 2.24) is 5.32 Å². The van der Waals surface area contributed by atoms with Crippen LogP contribution >= 0.6 is 23.4 Å². The van der Waals surface area contributed by atoms with E-state index in [-0.39, 0.29) is 11.4 Å². The summed E-state index contributed by atoms with van der Waals surface area (Å²) in [7, 11) is 0. The van der Waals surface area contributed by atoms with Crippen LogP contribution in [0.25, 0.3) is 0 Å². The van der Waals surface area contributed by atoms with E-state index in [9.17, 15) is 14.0 Å². The summed E-state index contributed by atoms with van der Waals surface area (Å²) in [5.41, 5.74) is 0.00607. The molecule has 0 saturated heterocycles. The van der Waals surface area contributed by atoms with Gasteiger partial charge in [-0.3, -0.25) is 10.1 Å². The number of urea groups is 1. The first kappa shape index (κ1) is 16.3. The molecule has 114 valence electrons. The minimum atomic E-state index is -0.783. The highest BCUT2D eigenvalue weighted by atomic mass is 35.5. The van der Waals surface area contributed by atoms with Crippen molar-refractivity contribution >= 4 is 41.0 Å². The third-order valence-corrected chi connectivity index (χ3v) is 4.09. The molecule has 0 atom stereocenters. The molecule has 0 aromatic heterocycles. The zero-order valence-electron chi connectivity index (χ0n) is 11.3. The second kappa shape index (κ2) is 7.82. The summed E-state index contributed by atoms with van der Waals surface area (Å²) in [6.45, 7) is 0. The number of hydrogen-bond acceptors (Lipinski definition) is 3. The van der Waals surface area contributed by atoms with E-state index in [4.69, 9.17) is 11.6 Å². The van der Waals surface area contributed by atoms with Crippen molar-refractivity contribution in [3.63, 3.8) is 0 Å². The van der Waals surface area contributed by atoms with Crippen molar-refractivity contribution in [2.24, 2.45) is 0 Å². The predicted molar refractivity (Wildman–Crippen MR) is 85.7 cm³/mol. The molecular weight excluding hydrogens is 327 g/mol. The van der Waals surface area contributed by atoms with Gasteiger partial charge in [0.2, 0.25) is 5.91 Å². The highest BCUT2D eigenvalue weighted by Crippen LogP contribution is 2.26. The van der Waals surface area contributed by atoms with E-state index in [0.29, 0.717) is 5.02 Å². The summed E-state index contributed by atoms with van der Waals surface area (Å²) in [4.78, 5) is 24.0.